The molecule has 0 aliphatic heterocycles. The molecule has 1 aliphatic rings. The molecule has 0 spiro atoms. The van der Waals surface area contributed by atoms with Crippen LogP contribution in [0.4, 0.5) is 5.69 Å². The zero-order valence-electron chi connectivity index (χ0n) is 10.2. The summed E-state index contributed by atoms with van der Waals surface area (Å²) in [5.41, 5.74) is 8.50. The van der Waals surface area contributed by atoms with Gasteiger partial charge in [0.1, 0.15) is 5.75 Å². The summed E-state index contributed by atoms with van der Waals surface area (Å²) >= 11 is 0. The van der Waals surface area contributed by atoms with Gasteiger partial charge >= 0.3 is 0 Å². The maximum Gasteiger partial charge on any atom is 0.258 e. The number of nitrogen functional groups attached to an aromatic ring is 1. The number of rotatable bonds is 4. The monoisotopic (exact) mass is 234 g/mol. The number of hydrogen-bond acceptors (Lipinski definition) is 3. The van der Waals surface area contributed by atoms with Crippen LogP contribution in [0.3, 0.4) is 0 Å². The van der Waals surface area contributed by atoms with Crippen molar-refractivity contribution in [2.45, 2.75) is 32.7 Å². The van der Waals surface area contributed by atoms with E-state index in [9.17, 15) is 4.79 Å². The quantitative estimate of drug-likeness (QED) is 0.777. The molecule has 1 aliphatic carbocycles. The molecular weight excluding hydrogens is 216 g/mol. The minimum atomic E-state index is -0.0770. The van der Waals surface area contributed by atoms with Gasteiger partial charge in [0.2, 0.25) is 0 Å². The van der Waals surface area contributed by atoms with Crippen molar-refractivity contribution < 1.29 is 9.53 Å². The van der Waals surface area contributed by atoms with Crippen molar-refractivity contribution in [1.29, 1.82) is 0 Å². The van der Waals surface area contributed by atoms with Crippen LogP contribution in [0.1, 0.15) is 24.0 Å². The van der Waals surface area contributed by atoms with Gasteiger partial charge in [-0.1, -0.05) is 6.07 Å². The van der Waals surface area contributed by atoms with Gasteiger partial charge in [0.05, 0.1) is 5.69 Å². The van der Waals surface area contributed by atoms with Crippen molar-refractivity contribution in [3.63, 3.8) is 0 Å². The number of aryl methyl sites for hydroxylation is 2. The van der Waals surface area contributed by atoms with Crippen LogP contribution >= 0.6 is 0 Å². The summed E-state index contributed by atoms with van der Waals surface area (Å²) in [5.74, 6) is 0.536. The van der Waals surface area contributed by atoms with E-state index in [-0.39, 0.29) is 12.5 Å². The molecule has 4 nitrogen and oxygen atoms in total. The fourth-order valence-electron chi connectivity index (χ4n) is 1.82. The summed E-state index contributed by atoms with van der Waals surface area (Å²) in [5, 5.41) is 2.87. The number of carbonyl (C=O) groups is 1. The predicted octanol–water partition coefficient (Wildman–Crippen LogP) is 1.54. The highest BCUT2D eigenvalue weighted by Gasteiger charge is 2.23. The molecule has 0 saturated heterocycles. The van der Waals surface area contributed by atoms with Gasteiger partial charge in [-0.25, -0.2) is 0 Å². The molecule has 1 fully saturated rings. The Labute approximate surface area is 101 Å². The normalized spacial score (nSPS) is 14.5. The first kappa shape index (κ1) is 11.8. The smallest absolute Gasteiger partial charge is 0.258 e. The van der Waals surface area contributed by atoms with Crippen LogP contribution in [0.15, 0.2) is 12.1 Å². The Bertz CT molecular complexity index is 416. The van der Waals surface area contributed by atoms with Crippen molar-refractivity contribution in [1.82, 2.24) is 5.32 Å². The molecule has 0 radical (unpaired) electrons. The second kappa shape index (κ2) is 4.65. The molecule has 0 aromatic heterocycles. The first-order valence-corrected chi connectivity index (χ1v) is 5.85. The van der Waals surface area contributed by atoms with Crippen LogP contribution in [0.2, 0.25) is 0 Å². The lowest BCUT2D eigenvalue weighted by Gasteiger charge is -2.12. The lowest BCUT2D eigenvalue weighted by Crippen LogP contribution is -2.30. The number of nitrogens with one attached hydrogen (secondary N) is 1. The van der Waals surface area contributed by atoms with E-state index in [0.29, 0.717) is 17.5 Å². The Morgan fingerprint density at radius 1 is 1.47 bits per heavy atom. The summed E-state index contributed by atoms with van der Waals surface area (Å²) < 4.78 is 5.48. The summed E-state index contributed by atoms with van der Waals surface area (Å²) in [6.45, 7) is 3.94. The van der Waals surface area contributed by atoms with E-state index < -0.39 is 0 Å². The summed E-state index contributed by atoms with van der Waals surface area (Å²) in [6.07, 6.45) is 2.16. The SMILES string of the molecule is Cc1cc(C)c(OCC(=O)NC2CC2)c(N)c1. The van der Waals surface area contributed by atoms with Gasteiger partial charge in [0.25, 0.3) is 5.91 Å². The van der Waals surface area contributed by atoms with Gasteiger partial charge in [-0.15, -0.1) is 0 Å². The molecule has 0 atom stereocenters. The Kier molecular flexibility index (Phi) is 3.22. The standard InChI is InChI=1S/C13H18N2O2/c1-8-5-9(2)13(11(14)6-8)17-7-12(16)15-10-3-4-10/h5-6,10H,3-4,7,14H2,1-2H3,(H,15,16). The Balaban J connectivity index is 1.95. The van der Waals surface area contributed by atoms with Crippen molar-refractivity contribution in [3.05, 3.63) is 23.3 Å². The largest absolute Gasteiger partial charge is 0.481 e. The average Bonchev–Trinajstić information content (AvgIpc) is 2.99. The van der Waals surface area contributed by atoms with E-state index in [4.69, 9.17) is 10.5 Å². The lowest BCUT2D eigenvalue weighted by atomic mass is 10.1. The van der Waals surface area contributed by atoms with Crippen LogP contribution < -0.4 is 15.8 Å². The van der Waals surface area contributed by atoms with E-state index in [1.54, 1.807) is 0 Å². The maximum absolute atomic E-state index is 11.5. The highest BCUT2D eigenvalue weighted by Crippen LogP contribution is 2.27. The van der Waals surface area contributed by atoms with Crippen LogP contribution in [0.5, 0.6) is 5.75 Å². The van der Waals surface area contributed by atoms with Crippen molar-refractivity contribution in [3.8, 4) is 5.75 Å². The highest BCUT2D eigenvalue weighted by atomic mass is 16.5. The molecule has 92 valence electrons. The van der Waals surface area contributed by atoms with Crippen molar-refractivity contribution >= 4 is 11.6 Å². The van der Waals surface area contributed by atoms with E-state index in [0.717, 1.165) is 24.0 Å². The number of nitrogens with two attached hydrogens (primary N) is 1. The van der Waals surface area contributed by atoms with Crippen LogP contribution in [0, 0.1) is 13.8 Å². The van der Waals surface area contributed by atoms with Gasteiger partial charge < -0.3 is 15.8 Å². The van der Waals surface area contributed by atoms with Gasteiger partial charge in [-0.3, -0.25) is 4.79 Å². The first-order chi connectivity index (χ1) is 8.06. The Hall–Kier alpha value is -1.71. The maximum atomic E-state index is 11.5. The summed E-state index contributed by atoms with van der Waals surface area (Å²) in [7, 11) is 0. The molecule has 1 aromatic rings. The molecule has 1 saturated carbocycles. The predicted molar refractivity (Wildman–Crippen MR) is 67.0 cm³/mol. The number of amides is 1. The second-order valence-electron chi connectivity index (χ2n) is 4.63. The number of anilines is 1. The van der Waals surface area contributed by atoms with Crippen LogP contribution in [-0.2, 0) is 4.79 Å². The zero-order chi connectivity index (χ0) is 12.4. The van der Waals surface area contributed by atoms with Crippen LogP contribution in [-0.4, -0.2) is 18.6 Å². The van der Waals surface area contributed by atoms with Crippen molar-refractivity contribution in [2.24, 2.45) is 0 Å². The molecule has 3 N–H and O–H groups in total. The van der Waals surface area contributed by atoms with Crippen LogP contribution in [0.25, 0.3) is 0 Å². The molecule has 2 rings (SSSR count). The first-order valence-electron chi connectivity index (χ1n) is 5.85. The molecule has 4 heteroatoms. The topological polar surface area (TPSA) is 64.3 Å². The zero-order valence-corrected chi connectivity index (χ0v) is 10.2. The van der Waals surface area contributed by atoms with E-state index in [1.807, 2.05) is 26.0 Å². The third kappa shape index (κ3) is 3.12. The third-order valence-corrected chi connectivity index (χ3v) is 2.74. The number of ether oxygens (including phenoxy) is 1. The van der Waals surface area contributed by atoms with E-state index in [1.165, 1.54) is 0 Å². The van der Waals surface area contributed by atoms with Crippen molar-refractivity contribution in [2.75, 3.05) is 12.3 Å². The Morgan fingerprint density at radius 3 is 2.76 bits per heavy atom. The molecule has 0 heterocycles. The van der Waals surface area contributed by atoms with Gasteiger partial charge in [-0.05, 0) is 43.9 Å². The van der Waals surface area contributed by atoms with E-state index >= 15 is 0 Å². The molecule has 1 aromatic carbocycles. The van der Waals surface area contributed by atoms with Gasteiger partial charge in [-0.2, -0.15) is 0 Å². The average molecular weight is 234 g/mol. The fourth-order valence-corrected chi connectivity index (χ4v) is 1.82. The molecule has 0 unspecified atom stereocenters. The third-order valence-electron chi connectivity index (χ3n) is 2.74. The molecule has 17 heavy (non-hydrogen) atoms. The number of carbonyl (C=O) groups excluding carboxylic acids is 1. The number of hydrogen-bond donors (Lipinski definition) is 2. The molecular formula is C13H18N2O2. The summed E-state index contributed by atoms with van der Waals surface area (Å²) in [6, 6.07) is 4.20. The second-order valence-corrected chi connectivity index (χ2v) is 4.63. The lowest BCUT2D eigenvalue weighted by molar-refractivity contribution is -0.123. The fraction of sp³-hybridized carbons (Fsp3) is 0.462. The highest BCUT2D eigenvalue weighted by molar-refractivity contribution is 5.78. The minimum absolute atomic E-state index is 0.0323. The minimum Gasteiger partial charge on any atom is -0.481 e. The Morgan fingerprint density at radius 2 is 2.18 bits per heavy atom. The van der Waals surface area contributed by atoms with Gasteiger partial charge in [0, 0.05) is 6.04 Å². The van der Waals surface area contributed by atoms with Gasteiger partial charge in [0.15, 0.2) is 6.61 Å². The summed E-state index contributed by atoms with van der Waals surface area (Å²) in [4.78, 5) is 11.5. The molecule has 0 bridgehead atoms. The molecule has 1 amide bonds. The number of benzene rings is 1. The van der Waals surface area contributed by atoms with E-state index in [2.05, 4.69) is 5.32 Å².